The zero-order chi connectivity index (χ0) is 9.68. The Labute approximate surface area is 107 Å². The van der Waals surface area contributed by atoms with Crippen LogP contribution in [0.25, 0.3) is 0 Å². The predicted molar refractivity (Wildman–Crippen MR) is 72.1 cm³/mol. The predicted octanol–water partition coefficient (Wildman–Crippen LogP) is 2.45. The lowest BCUT2D eigenvalue weighted by molar-refractivity contribution is 0.314. The van der Waals surface area contributed by atoms with Crippen LogP contribution in [-0.4, -0.2) is 19.6 Å². The molecule has 0 amide bonds. The average molecular weight is 257 g/mol. The molecule has 3 atom stereocenters. The van der Waals surface area contributed by atoms with Crippen LogP contribution in [0.1, 0.15) is 33.1 Å². The molecule has 0 aromatic heterocycles. The Bertz CT molecular complexity index is 141. The van der Waals surface area contributed by atoms with Crippen molar-refractivity contribution in [1.82, 2.24) is 5.32 Å². The van der Waals surface area contributed by atoms with E-state index in [1.165, 1.54) is 32.4 Å². The molecule has 0 aliphatic carbocycles. The first-order valence-corrected chi connectivity index (χ1v) is 5.72. The van der Waals surface area contributed by atoms with E-state index in [4.69, 9.17) is 5.73 Å². The van der Waals surface area contributed by atoms with Gasteiger partial charge >= 0.3 is 0 Å². The first kappa shape index (κ1) is 17.9. The molecule has 94 valence electrons. The molecule has 0 aromatic rings. The number of nitrogens with two attached hydrogens (primary N) is 1. The summed E-state index contributed by atoms with van der Waals surface area (Å²) >= 11 is 0. The number of hydrogen-bond donors (Lipinski definition) is 2. The van der Waals surface area contributed by atoms with Crippen LogP contribution in [0.4, 0.5) is 0 Å². The maximum atomic E-state index is 5.73. The number of rotatable bonds is 5. The van der Waals surface area contributed by atoms with Crippen LogP contribution in [0.15, 0.2) is 0 Å². The van der Waals surface area contributed by atoms with E-state index in [9.17, 15) is 0 Å². The lowest BCUT2D eigenvalue weighted by Crippen LogP contribution is -2.21. The van der Waals surface area contributed by atoms with E-state index in [-0.39, 0.29) is 24.8 Å². The fourth-order valence-corrected chi connectivity index (χ4v) is 2.40. The summed E-state index contributed by atoms with van der Waals surface area (Å²) in [5.41, 5.74) is 5.73. The molecule has 1 fully saturated rings. The summed E-state index contributed by atoms with van der Waals surface area (Å²) in [6.07, 6.45) is 3.89. The van der Waals surface area contributed by atoms with Crippen molar-refractivity contribution in [2.75, 3.05) is 19.6 Å². The van der Waals surface area contributed by atoms with Gasteiger partial charge < -0.3 is 11.1 Å². The molecule has 0 saturated carbocycles. The maximum Gasteiger partial charge on any atom is -0.00172 e. The standard InChI is InChI=1S/C11H24N2.2ClH/c1-3-9(6-12)5-11-8-13-7-10(11)4-2;;/h9-11,13H,3-8,12H2,1-2H3;2*1H. The van der Waals surface area contributed by atoms with Crippen LogP contribution in [0, 0.1) is 17.8 Å². The SMILES string of the molecule is CCC(CN)CC1CNCC1CC.Cl.Cl. The van der Waals surface area contributed by atoms with Gasteiger partial charge in [-0.2, -0.15) is 0 Å². The Hall–Kier alpha value is 0.500. The minimum absolute atomic E-state index is 0. The third-order valence-corrected chi connectivity index (χ3v) is 3.55. The molecule has 1 aliphatic rings. The molecule has 0 radical (unpaired) electrons. The van der Waals surface area contributed by atoms with Crippen molar-refractivity contribution in [3.63, 3.8) is 0 Å². The maximum absolute atomic E-state index is 5.73. The second kappa shape index (κ2) is 9.71. The summed E-state index contributed by atoms with van der Waals surface area (Å²) in [6, 6.07) is 0. The van der Waals surface area contributed by atoms with Gasteiger partial charge in [-0.1, -0.05) is 26.7 Å². The van der Waals surface area contributed by atoms with Crippen LogP contribution in [0.3, 0.4) is 0 Å². The highest BCUT2D eigenvalue weighted by atomic mass is 35.5. The normalized spacial score (nSPS) is 26.6. The molecule has 0 aromatic carbocycles. The third kappa shape index (κ3) is 5.39. The van der Waals surface area contributed by atoms with E-state index in [1.807, 2.05) is 0 Å². The molecule has 1 heterocycles. The zero-order valence-electron chi connectivity index (χ0n) is 9.87. The quantitative estimate of drug-likeness (QED) is 0.794. The van der Waals surface area contributed by atoms with E-state index in [2.05, 4.69) is 19.2 Å². The minimum Gasteiger partial charge on any atom is -0.330 e. The summed E-state index contributed by atoms with van der Waals surface area (Å²) < 4.78 is 0. The topological polar surface area (TPSA) is 38.0 Å². The van der Waals surface area contributed by atoms with Gasteiger partial charge in [-0.05, 0) is 43.8 Å². The molecular weight excluding hydrogens is 231 g/mol. The molecule has 0 spiro atoms. The molecular formula is C11H26Cl2N2. The van der Waals surface area contributed by atoms with E-state index in [0.717, 1.165) is 24.3 Å². The first-order chi connectivity index (χ1) is 6.31. The first-order valence-electron chi connectivity index (χ1n) is 5.72. The van der Waals surface area contributed by atoms with Gasteiger partial charge in [-0.3, -0.25) is 0 Å². The van der Waals surface area contributed by atoms with Gasteiger partial charge in [0.1, 0.15) is 0 Å². The smallest absolute Gasteiger partial charge is 0.00172 e. The zero-order valence-corrected chi connectivity index (χ0v) is 11.5. The highest BCUT2D eigenvalue weighted by Crippen LogP contribution is 2.27. The van der Waals surface area contributed by atoms with Crippen LogP contribution >= 0.6 is 24.8 Å². The molecule has 3 N–H and O–H groups in total. The van der Waals surface area contributed by atoms with Crippen molar-refractivity contribution >= 4 is 24.8 Å². The Morgan fingerprint density at radius 3 is 2.27 bits per heavy atom. The molecule has 0 bridgehead atoms. The molecule has 2 nitrogen and oxygen atoms in total. The number of halogens is 2. The number of nitrogens with one attached hydrogen (secondary N) is 1. The van der Waals surface area contributed by atoms with Crippen LogP contribution < -0.4 is 11.1 Å². The molecule has 1 saturated heterocycles. The van der Waals surface area contributed by atoms with Crippen molar-refractivity contribution < 1.29 is 0 Å². The summed E-state index contributed by atoms with van der Waals surface area (Å²) in [4.78, 5) is 0. The van der Waals surface area contributed by atoms with Crippen molar-refractivity contribution in [3.8, 4) is 0 Å². The fourth-order valence-electron chi connectivity index (χ4n) is 2.40. The van der Waals surface area contributed by atoms with Crippen LogP contribution in [0.5, 0.6) is 0 Å². The van der Waals surface area contributed by atoms with Gasteiger partial charge in [0.15, 0.2) is 0 Å². The second-order valence-electron chi connectivity index (χ2n) is 4.33. The highest BCUT2D eigenvalue weighted by molar-refractivity contribution is 5.85. The van der Waals surface area contributed by atoms with Gasteiger partial charge in [0.25, 0.3) is 0 Å². The van der Waals surface area contributed by atoms with Crippen LogP contribution in [0.2, 0.25) is 0 Å². The summed E-state index contributed by atoms with van der Waals surface area (Å²) in [7, 11) is 0. The summed E-state index contributed by atoms with van der Waals surface area (Å²) in [5, 5.41) is 3.49. The van der Waals surface area contributed by atoms with Crippen molar-refractivity contribution in [2.24, 2.45) is 23.5 Å². The Morgan fingerprint density at radius 1 is 1.20 bits per heavy atom. The largest absolute Gasteiger partial charge is 0.330 e. The van der Waals surface area contributed by atoms with Gasteiger partial charge in [0.2, 0.25) is 0 Å². The number of hydrogen-bond acceptors (Lipinski definition) is 2. The van der Waals surface area contributed by atoms with E-state index in [0.29, 0.717) is 0 Å². The van der Waals surface area contributed by atoms with Gasteiger partial charge in [0.05, 0.1) is 0 Å². The summed E-state index contributed by atoms with van der Waals surface area (Å²) in [6.45, 7) is 7.86. The Balaban J connectivity index is 0. The molecule has 4 heteroatoms. The fraction of sp³-hybridized carbons (Fsp3) is 1.00. The van der Waals surface area contributed by atoms with Crippen molar-refractivity contribution in [1.29, 1.82) is 0 Å². The van der Waals surface area contributed by atoms with Gasteiger partial charge in [-0.25, -0.2) is 0 Å². The average Bonchev–Trinajstić information content (AvgIpc) is 2.61. The molecule has 1 aliphatic heterocycles. The molecule has 1 rings (SSSR count). The Morgan fingerprint density at radius 2 is 1.80 bits per heavy atom. The molecule has 15 heavy (non-hydrogen) atoms. The van der Waals surface area contributed by atoms with Crippen molar-refractivity contribution in [3.05, 3.63) is 0 Å². The Kier molecular flexibility index (Phi) is 11.6. The van der Waals surface area contributed by atoms with E-state index >= 15 is 0 Å². The van der Waals surface area contributed by atoms with Crippen molar-refractivity contribution in [2.45, 2.75) is 33.1 Å². The van der Waals surface area contributed by atoms with E-state index in [1.54, 1.807) is 0 Å². The second-order valence-corrected chi connectivity index (χ2v) is 4.33. The van der Waals surface area contributed by atoms with Gasteiger partial charge in [-0.15, -0.1) is 24.8 Å². The monoisotopic (exact) mass is 256 g/mol. The van der Waals surface area contributed by atoms with Gasteiger partial charge in [0, 0.05) is 0 Å². The van der Waals surface area contributed by atoms with E-state index < -0.39 is 0 Å². The third-order valence-electron chi connectivity index (χ3n) is 3.55. The highest BCUT2D eigenvalue weighted by Gasteiger charge is 2.26. The lowest BCUT2D eigenvalue weighted by Gasteiger charge is -2.21. The molecule has 3 unspecified atom stereocenters. The minimum atomic E-state index is 0. The lowest BCUT2D eigenvalue weighted by atomic mass is 9.84. The summed E-state index contributed by atoms with van der Waals surface area (Å²) in [5.74, 6) is 2.54. The van der Waals surface area contributed by atoms with Crippen LogP contribution in [-0.2, 0) is 0 Å².